The molecule has 5 heteroatoms. The molecule has 0 saturated heterocycles. The molecule has 0 radical (unpaired) electrons. The molecule has 0 spiro atoms. The zero-order valence-corrected chi connectivity index (χ0v) is 16.3. The summed E-state index contributed by atoms with van der Waals surface area (Å²) in [7, 11) is 0. The Morgan fingerprint density at radius 2 is 1.86 bits per heavy atom. The van der Waals surface area contributed by atoms with Crippen molar-refractivity contribution in [1.29, 1.82) is 0 Å². The standard InChI is InChI=1S/C23H22FN3O/c1-5-27(6-2)16-8-10-18-20(12-16)28-19-11-14(3)7-9-17(19)21(18)22-15(4)13-25-23(24)26-22/h7-13H,3,5-6H2,1-2,4H3. The molecular weight excluding hydrogens is 353 g/mol. The van der Waals surface area contributed by atoms with Crippen LogP contribution >= 0.6 is 0 Å². The Labute approximate surface area is 163 Å². The van der Waals surface area contributed by atoms with E-state index in [1.807, 2.05) is 37.3 Å². The van der Waals surface area contributed by atoms with Gasteiger partial charge in [-0.25, -0.2) is 9.97 Å². The molecule has 0 bridgehead atoms. The number of fused-ring (bicyclic) bond motifs is 2. The molecule has 2 heterocycles. The lowest BCUT2D eigenvalue weighted by atomic mass is 9.94. The molecule has 0 unspecified atom stereocenters. The summed E-state index contributed by atoms with van der Waals surface area (Å²) in [6.45, 7) is 11.9. The maximum absolute atomic E-state index is 13.9. The second-order valence-electron chi connectivity index (χ2n) is 6.83. The summed E-state index contributed by atoms with van der Waals surface area (Å²) < 4.78 is 20.1. The Morgan fingerprint density at radius 3 is 2.61 bits per heavy atom. The van der Waals surface area contributed by atoms with Gasteiger partial charge in [0.1, 0.15) is 11.5 Å². The number of hydrogen-bond donors (Lipinski definition) is 0. The van der Waals surface area contributed by atoms with Gasteiger partial charge in [-0.2, -0.15) is 4.39 Å². The predicted molar refractivity (Wildman–Crippen MR) is 110 cm³/mol. The summed E-state index contributed by atoms with van der Waals surface area (Å²) in [6, 6.07) is 11.9. The van der Waals surface area contributed by atoms with Crippen LogP contribution in [0, 0.1) is 13.0 Å². The molecule has 0 aliphatic carbocycles. The van der Waals surface area contributed by atoms with Crippen molar-refractivity contribution in [3.8, 4) is 11.5 Å². The monoisotopic (exact) mass is 375 g/mol. The smallest absolute Gasteiger partial charge is 0.309 e. The summed E-state index contributed by atoms with van der Waals surface area (Å²) >= 11 is 0. The molecule has 0 N–H and O–H groups in total. The maximum Gasteiger partial charge on any atom is 0.309 e. The van der Waals surface area contributed by atoms with Gasteiger partial charge >= 0.3 is 6.08 Å². The highest BCUT2D eigenvalue weighted by Gasteiger charge is 2.23. The molecule has 28 heavy (non-hydrogen) atoms. The number of hydrogen-bond acceptors (Lipinski definition) is 4. The third kappa shape index (κ3) is 3.03. The van der Waals surface area contributed by atoms with Crippen LogP contribution in [0.2, 0.25) is 0 Å². The number of rotatable bonds is 4. The predicted octanol–water partition coefficient (Wildman–Crippen LogP) is 3.53. The van der Waals surface area contributed by atoms with Gasteiger partial charge in [-0.1, -0.05) is 12.6 Å². The highest BCUT2D eigenvalue weighted by atomic mass is 19.1. The van der Waals surface area contributed by atoms with Gasteiger partial charge < -0.3 is 9.64 Å². The molecule has 3 aromatic rings. The zero-order valence-electron chi connectivity index (χ0n) is 16.3. The van der Waals surface area contributed by atoms with Gasteiger partial charge in [0.15, 0.2) is 0 Å². The van der Waals surface area contributed by atoms with E-state index in [9.17, 15) is 4.39 Å². The maximum atomic E-state index is 13.9. The summed E-state index contributed by atoms with van der Waals surface area (Å²) in [6.07, 6.45) is 0.774. The minimum absolute atomic E-state index is 0.575. The van der Waals surface area contributed by atoms with E-state index >= 15 is 0 Å². The third-order valence-corrected chi connectivity index (χ3v) is 5.08. The number of ether oxygens (including phenoxy) is 1. The van der Waals surface area contributed by atoms with E-state index in [2.05, 4.69) is 41.4 Å². The Kier molecular flexibility index (Phi) is 4.59. The normalized spacial score (nSPS) is 12.2. The fourth-order valence-electron chi connectivity index (χ4n) is 3.64. The average molecular weight is 375 g/mol. The molecule has 1 aliphatic rings. The van der Waals surface area contributed by atoms with Crippen LogP contribution < -0.4 is 20.1 Å². The van der Waals surface area contributed by atoms with Crippen molar-refractivity contribution in [3.05, 3.63) is 75.9 Å². The van der Waals surface area contributed by atoms with Gasteiger partial charge in [-0.05, 0) is 55.8 Å². The quantitative estimate of drug-likeness (QED) is 0.512. The number of anilines is 1. The van der Waals surface area contributed by atoms with E-state index in [1.54, 1.807) is 0 Å². The largest absolute Gasteiger partial charge is 0.456 e. The average Bonchev–Trinajstić information content (AvgIpc) is 2.69. The molecule has 4 rings (SSSR count). The van der Waals surface area contributed by atoms with E-state index in [-0.39, 0.29) is 0 Å². The Hall–Kier alpha value is -3.21. The van der Waals surface area contributed by atoms with Gasteiger partial charge in [0.05, 0.1) is 5.69 Å². The van der Waals surface area contributed by atoms with Crippen molar-refractivity contribution in [2.45, 2.75) is 20.8 Å². The van der Waals surface area contributed by atoms with Crippen LogP contribution in [-0.2, 0) is 0 Å². The van der Waals surface area contributed by atoms with Gasteiger partial charge in [0.2, 0.25) is 0 Å². The first-order valence-electron chi connectivity index (χ1n) is 9.41. The topological polar surface area (TPSA) is 38.2 Å². The summed E-state index contributed by atoms with van der Waals surface area (Å²) in [5.74, 6) is 1.43. The number of aromatic nitrogens is 2. The van der Waals surface area contributed by atoms with Gasteiger partial charge in [0.25, 0.3) is 0 Å². The van der Waals surface area contributed by atoms with Gasteiger partial charge in [-0.3, -0.25) is 0 Å². The van der Waals surface area contributed by atoms with E-state index in [4.69, 9.17) is 4.74 Å². The van der Waals surface area contributed by atoms with E-state index < -0.39 is 6.08 Å². The van der Waals surface area contributed by atoms with E-state index in [0.29, 0.717) is 11.4 Å². The second kappa shape index (κ2) is 7.08. The third-order valence-electron chi connectivity index (χ3n) is 5.08. The van der Waals surface area contributed by atoms with Crippen molar-refractivity contribution in [2.24, 2.45) is 0 Å². The molecule has 0 amide bonds. The first-order chi connectivity index (χ1) is 13.5. The molecular formula is C23H22FN3O. The van der Waals surface area contributed by atoms with Crippen molar-refractivity contribution in [2.75, 3.05) is 18.0 Å². The lowest BCUT2D eigenvalue weighted by Gasteiger charge is -2.25. The van der Waals surface area contributed by atoms with Crippen molar-refractivity contribution < 1.29 is 9.13 Å². The minimum Gasteiger partial charge on any atom is -0.456 e. The first kappa shape index (κ1) is 18.2. The van der Waals surface area contributed by atoms with E-state index in [0.717, 1.165) is 51.7 Å². The Morgan fingerprint density at radius 1 is 1.07 bits per heavy atom. The summed E-state index contributed by atoms with van der Waals surface area (Å²) in [5.41, 5.74) is 4.21. The number of nitrogens with zero attached hydrogens (tertiary/aromatic N) is 3. The van der Waals surface area contributed by atoms with Crippen molar-refractivity contribution >= 4 is 17.8 Å². The number of aryl methyl sites for hydroxylation is 1. The van der Waals surface area contributed by atoms with Crippen LogP contribution in [0.15, 0.2) is 42.6 Å². The highest BCUT2D eigenvalue weighted by Crippen LogP contribution is 2.38. The number of benzene rings is 2. The second-order valence-corrected chi connectivity index (χ2v) is 6.83. The summed E-state index contributed by atoms with van der Waals surface area (Å²) in [5, 5.41) is 1.73. The number of halogens is 1. The lowest BCUT2D eigenvalue weighted by Crippen LogP contribution is -2.23. The molecule has 4 nitrogen and oxygen atoms in total. The van der Waals surface area contributed by atoms with Crippen LogP contribution in [0.5, 0.6) is 11.5 Å². The molecule has 1 aromatic heterocycles. The van der Waals surface area contributed by atoms with Crippen LogP contribution in [-0.4, -0.2) is 23.1 Å². The van der Waals surface area contributed by atoms with Gasteiger partial charge in [0, 0.05) is 47.4 Å². The van der Waals surface area contributed by atoms with Crippen LogP contribution in [0.1, 0.15) is 30.7 Å². The van der Waals surface area contributed by atoms with Crippen LogP contribution in [0.4, 0.5) is 10.1 Å². The minimum atomic E-state index is -0.740. The van der Waals surface area contributed by atoms with Crippen molar-refractivity contribution in [3.63, 3.8) is 0 Å². The van der Waals surface area contributed by atoms with Crippen molar-refractivity contribution in [1.82, 2.24) is 9.97 Å². The SMILES string of the molecule is C=c1ccc2c(c1)Oc1cc(N(CC)CC)ccc1C=2c1nc(F)ncc1C. The summed E-state index contributed by atoms with van der Waals surface area (Å²) in [4.78, 5) is 10.0. The molecule has 2 aromatic carbocycles. The van der Waals surface area contributed by atoms with Gasteiger partial charge in [-0.15, -0.1) is 0 Å². The fourth-order valence-corrected chi connectivity index (χ4v) is 3.64. The first-order valence-corrected chi connectivity index (χ1v) is 9.41. The molecule has 0 fully saturated rings. The Bertz CT molecular complexity index is 1170. The van der Waals surface area contributed by atoms with Crippen LogP contribution in [0.25, 0.3) is 12.2 Å². The van der Waals surface area contributed by atoms with Crippen LogP contribution in [0.3, 0.4) is 0 Å². The molecule has 0 atom stereocenters. The highest BCUT2D eigenvalue weighted by molar-refractivity contribution is 5.85. The zero-order chi connectivity index (χ0) is 19.8. The molecule has 142 valence electrons. The molecule has 1 aliphatic heterocycles. The van der Waals surface area contributed by atoms with E-state index in [1.165, 1.54) is 6.20 Å². The Balaban J connectivity index is 2.03. The fraction of sp³-hybridized carbons (Fsp3) is 0.217. The molecule has 0 saturated carbocycles. The lowest BCUT2D eigenvalue weighted by molar-refractivity contribution is 0.471.